The summed E-state index contributed by atoms with van der Waals surface area (Å²) in [5, 5.41) is 5.51. The van der Waals surface area contributed by atoms with Gasteiger partial charge in [0.1, 0.15) is 11.5 Å². The lowest BCUT2D eigenvalue weighted by atomic mass is 10.1. The van der Waals surface area contributed by atoms with Crippen molar-refractivity contribution in [3.05, 3.63) is 77.4 Å². The molecule has 3 amide bonds. The maximum Gasteiger partial charge on any atom is 0.308 e. The minimum absolute atomic E-state index is 0.116. The van der Waals surface area contributed by atoms with Crippen LogP contribution in [0.4, 0.5) is 11.4 Å². The van der Waals surface area contributed by atoms with E-state index in [1.807, 2.05) is 13.0 Å². The molecule has 0 bridgehead atoms. The summed E-state index contributed by atoms with van der Waals surface area (Å²) in [5.41, 5.74) is 2.29. The van der Waals surface area contributed by atoms with E-state index in [9.17, 15) is 19.2 Å². The van der Waals surface area contributed by atoms with Crippen molar-refractivity contribution in [3.8, 4) is 17.2 Å². The van der Waals surface area contributed by atoms with Crippen LogP contribution in [-0.4, -0.2) is 51.0 Å². The van der Waals surface area contributed by atoms with Crippen molar-refractivity contribution in [2.45, 2.75) is 27.2 Å². The molecule has 0 spiro atoms. The van der Waals surface area contributed by atoms with Gasteiger partial charge in [-0.05, 0) is 61.4 Å². The quantitative estimate of drug-likeness (QED) is 0.208. The number of hydrogen-bond donors (Lipinski definition) is 2. The van der Waals surface area contributed by atoms with Crippen molar-refractivity contribution in [2.24, 2.45) is 0 Å². The second-order valence-corrected chi connectivity index (χ2v) is 8.98. The highest BCUT2D eigenvalue weighted by atomic mass is 16.5. The maximum atomic E-state index is 13.3. The number of ether oxygens (including phenoxy) is 3. The highest BCUT2D eigenvalue weighted by Gasteiger charge is 2.21. The summed E-state index contributed by atoms with van der Waals surface area (Å²) in [6, 6.07) is 16.7. The molecule has 3 aromatic rings. The molecular formula is C30H33N3O7. The van der Waals surface area contributed by atoms with Gasteiger partial charge in [0.25, 0.3) is 11.8 Å². The Morgan fingerprint density at radius 3 is 2.35 bits per heavy atom. The van der Waals surface area contributed by atoms with Crippen LogP contribution < -0.4 is 29.7 Å². The van der Waals surface area contributed by atoms with E-state index in [4.69, 9.17) is 14.2 Å². The number of aryl methyl sites for hydroxylation is 1. The second-order valence-electron chi connectivity index (χ2n) is 8.98. The number of amides is 3. The lowest BCUT2D eigenvalue weighted by Gasteiger charge is -2.21. The summed E-state index contributed by atoms with van der Waals surface area (Å²) in [6.07, 6.45) is 0.582. The van der Waals surface area contributed by atoms with Gasteiger partial charge in [-0.15, -0.1) is 0 Å². The number of carbonyl (C=O) groups excluding carboxylic acids is 4. The van der Waals surface area contributed by atoms with Crippen LogP contribution in [0, 0.1) is 6.92 Å². The SMILES string of the molecule is COc1cc(C(=O)N(C)c2ccc(C)cc2OC(C)=O)ccc1NC(=O)c1ccccc1OCCCNC(C)=O. The van der Waals surface area contributed by atoms with Gasteiger partial charge in [-0.3, -0.25) is 19.2 Å². The largest absolute Gasteiger partial charge is 0.495 e. The first-order valence-electron chi connectivity index (χ1n) is 12.6. The third-order valence-corrected chi connectivity index (χ3v) is 5.82. The zero-order chi connectivity index (χ0) is 29.2. The van der Waals surface area contributed by atoms with Gasteiger partial charge in [0, 0.05) is 33.0 Å². The van der Waals surface area contributed by atoms with Crippen molar-refractivity contribution in [1.82, 2.24) is 5.32 Å². The Labute approximate surface area is 233 Å². The molecular weight excluding hydrogens is 514 g/mol. The van der Waals surface area contributed by atoms with Gasteiger partial charge in [-0.25, -0.2) is 0 Å². The van der Waals surface area contributed by atoms with E-state index in [0.29, 0.717) is 47.8 Å². The Hall–Kier alpha value is -4.86. The first-order chi connectivity index (χ1) is 19.1. The molecule has 40 heavy (non-hydrogen) atoms. The molecule has 0 saturated heterocycles. The van der Waals surface area contributed by atoms with Gasteiger partial charge in [-0.1, -0.05) is 18.2 Å². The molecule has 0 fully saturated rings. The minimum Gasteiger partial charge on any atom is -0.495 e. The van der Waals surface area contributed by atoms with Crippen molar-refractivity contribution >= 4 is 35.1 Å². The number of hydrogen-bond acceptors (Lipinski definition) is 7. The summed E-state index contributed by atoms with van der Waals surface area (Å²) in [6.45, 7) is 5.38. The number of benzene rings is 3. The molecule has 0 saturated carbocycles. The number of esters is 1. The Bertz CT molecular complexity index is 1400. The Kier molecular flexibility index (Phi) is 10.2. The molecule has 10 heteroatoms. The maximum absolute atomic E-state index is 13.3. The normalized spacial score (nSPS) is 10.3. The fourth-order valence-electron chi connectivity index (χ4n) is 3.85. The van der Waals surface area contributed by atoms with Crippen molar-refractivity contribution < 1.29 is 33.4 Å². The molecule has 0 aromatic heterocycles. The van der Waals surface area contributed by atoms with E-state index in [-0.39, 0.29) is 23.3 Å². The van der Waals surface area contributed by atoms with Crippen LogP contribution in [0.2, 0.25) is 0 Å². The molecule has 0 unspecified atom stereocenters. The monoisotopic (exact) mass is 547 g/mol. The van der Waals surface area contributed by atoms with E-state index in [1.165, 1.54) is 31.9 Å². The average Bonchev–Trinajstić information content (AvgIpc) is 2.92. The standard InChI is InChI=1S/C30H33N3O7/c1-19-11-14-25(28(17-19)40-21(3)35)33(4)30(37)22-12-13-24(27(18-22)38-5)32-29(36)23-9-6-7-10-26(23)39-16-8-15-31-20(2)34/h6-7,9-14,17-18H,8,15-16H2,1-5H3,(H,31,34)(H,32,36). The molecule has 3 aromatic carbocycles. The number of anilines is 2. The first-order valence-corrected chi connectivity index (χ1v) is 12.6. The van der Waals surface area contributed by atoms with E-state index in [2.05, 4.69) is 10.6 Å². The van der Waals surface area contributed by atoms with Crippen molar-refractivity contribution in [3.63, 3.8) is 0 Å². The van der Waals surface area contributed by atoms with E-state index >= 15 is 0 Å². The summed E-state index contributed by atoms with van der Waals surface area (Å²) < 4.78 is 16.5. The zero-order valence-electron chi connectivity index (χ0n) is 23.2. The highest BCUT2D eigenvalue weighted by Crippen LogP contribution is 2.32. The van der Waals surface area contributed by atoms with Crippen LogP contribution in [-0.2, 0) is 9.59 Å². The second kappa shape index (κ2) is 13.8. The molecule has 0 radical (unpaired) electrons. The lowest BCUT2D eigenvalue weighted by molar-refractivity contribution is -0.131. The van der Waals surface area contributed by atoms with Gasteiger partial charge in [-0.2, -0.15) is 0 Å². The Morgan fingerprint density at radius 1 is 0.900 bits per heavy atom. The van der Waals surface area contributed by atoms with Crippen LogP contribution in [0.25, 0.3) is 0 Å². The van der Waals surface area contributed by atoms with Crippen LogP contribution in [0.5, 0.6) is 17.2 Å². The van der Waals surface area contributed by atoms with Gasteiger partial charge >= 0.3 is 5.97 Å². The smallest absolute Gasteiger partial charge is 0.308 e. The molecule has 0 atom stereocenters. The van der Waals surface area contributed by atoms with Crippen LogP contribution >= 0.6 is 0 Å². The fourth-order valence-corrected chi connectivity index (χ4v) is 3.85. The number of rotatable bonds is 11. The van der Waals surface area contributed by atoms with E-state index < -0.39 is 11.9 Å². The molecule has 0 aliphatic carbocycles. The van der Waals surface area contributed by atoms with Crippen LogP contribution in [0.15, 0.2) is 60.7 Å². The Morgan fingerprint density at radius 2 is 1.65 bits per heavy atom. The molecule has 0 aliphatic rings. The van der Waals surface area contributed by atoms with Gasteiger partial charge in [0.05, 0.1) is 30.7 Å². The number of nitrogens with one attached hydrogen (secondary N) is 2. The average molecular weight is 548 g/mol. The van der Waals surface area contributed by atoms with Gasteiger partial charge in [0.2, 0.25) is 5.91 Å². The summed E-state index contributed by atoms with van der Waals surface area (Å²) >= 11 is 0. The lowest BCUT2D eigenvalue weighted by Crippen LogP contribution is -2.27. The van der Waals surface area contributed by atoms with Crippen molar-refractivity contribution in [1.29, 1.82) is 0 Å². The molecule has 210 valence electrons. The molecule has 10 nitrogen and oxygen atoms in total. The number of methoxy groups -OCH3 is 1. The molecule has 3 rings (SSSR count). The third kappa shape index (κ3) is 7.83. The fraction of sp³-hybridized carbons (Fsp3) is 0.267. The van der Waals surface area contributed by atoms with Crippen LogP contribution in [0.1, 0.15) is 46.5 Å². The van der Waals surface area contributed by atoms with Gasteiger partial charge in [0.15, 0.2) is 5.75 Å². The number of nitrogens with zero attached hydrogens (tertiary/aromatic N) is 1. The predicted molar refractivity (Wildman–Crippen MR) is 151 cm³/mol. The van der Waals surface area contributed by atoms with Crippen LogP contribution in [0.3, 0.4) is 0 Å². The highest BCUT2D eigenvalue weighted by molar-refractivity contribution is 6.09. The predicted octanol–water partition coefficient (Wildman–Crippen LogP) is 4.36. The number of carbonyl (C=O) groups is 4. The minimum atomic E-state index is -0.494. The van der Waals surface area contributed by atoms with Gasteiger partial charge < -0.3 is 29.7 Å². The molecule has 0 aliphatic heterocycles. The third-order valence-electron chi connectivity index (χ3n) is 5.82. The molecule has 2 N–H and O–H groups in total. The van der Waals surface area contributed by atoms with E-state index in [0.717, 1.165) is 5.56 Å². The molecule has 0 heterocycles. The van der Waals surface area contributed by atoms with Crippen molar-refractivity contribution in [2.75, 3.05) is 37.5 Å². The first kappa shape index (κ1) is 29.7. The summed E-state index contributed by atoms with van der Waals surface area (Å²) in [5.74, 6) is -0.442. The van der Waals surface area contributed by atoms with E-state index in [1.54, 1.807) is 55.6 Å². The number of para-hydroxylation sites is 1. The Balaban J connectivity index is 1.76. The topological polar surface area (TPSA) is 123 Å². The summed E-state index contributed by atoms with van der Waals surface area (Å²) in [7, 11) is 3.02. The zero-order valence-corrected chi connectivity index (χ0v) is 23.2. The summed E-state index contributed by atoms with van der Waals surface area (Å²) in [4.78, 5) is 50.4.